The number of hydrazine groups is 1. The van der Waals surface area contributed by atoms with Crippen LogP contribution < -0.4 is 10.3 Å². The molecule has 2 aromatic rings. The predicted molar refractivity (Wildman–Crippen MR) is 98.8 cm³/mol. The van der Waals surface area contributed by atoms with Gasteiger partial charge in [0.2, 0.25) is 0 Å². The number of nitrogens with one attached hydrogen (secondary N) is 1. The van der Waals surface area contributed by atoms with E-state index in [4.69, 9.17) is 5.11 Å². The van der Waals surface area contributed by atoms with Crippen molar-refractivity contribution in [1.82, 2.24) is 10.4 Å². The first kappa shape index (κ1) is 22.9. The molecule has 0 bridgehead atoms. The van der Waals surface area contributed by atoms with Crippen molar-refractivity contribution in [3.8, 4) is 11.1 Å². The number of amides is 3. The van der Waals surface area contributed by atoms with Gasteiger partial charge in [0.1, 0.15) is 11.6 Å². The molecule has 0 aliphatic rings. The number of carbonyl (C=O) groups excluding carboxylic acids is 1. The molecule has 11 heteroatoms. The van der Waals surface area contributed by atoms with Crippen molar-refractivity contribution in [2.75, 3.05) is 18.0 Å². The Morgan fingerprint density at radius 3 is 2.20 bits per heavy atom. The second-order valence-corrected chi connectivity index (χ2v) is 6.01. The summed E-state index contributed by atoms with van der Waals surface area (Å²) < 4.78 is 68.3. The lowest BCUT2D eigenvalue weighted by molar-refractivity contribution is -0.139. The molecule has 2 N–H and O–H groups in total. The fraction of sp³-hybridized carbons (Fsp3) is 0.263. The Kier molecular flexibility index (Phi) is 6.85. The molecule has 6 nitrogen and oxygen atoms in total. The second kappa shape index (κ2) is 8.97. The van der Waals surface area contributed by atoms with E-state index in [1.807, 2.05) is 5.43 Å². The number of nitrogens with zero attached hydrogens (tertiary/aromatic N) is 2. The zero-order valence-corrected chi connectivity index (χ0v) is 15.9. The van der Waals surface area contributed by atoms with Crippen LogP contribution in [0.4, 0.5) is 37.2 Å². The Labute approximate surface area is 168 Å². The number of benzene rings is 2. The Hall–Kier alpha value is -3.37. The van der Waals surface area contributed by atoms with Gasteiger partial charge < -0.3 is 5.11 Å². The van der Waals surface area contributed by atoms with Gasteiger partial charge in [0.05, 0.1) is 11.3 Å². The fourth-order valence-corrected chi connectivity index (χ4v) is 2.88. The summed E-state index contributed by atoms with van der Waals surface area (Å²) in [5.41, 5.74) is -0.715. The number of hydrogen-bond acceptors (Lipinski definition) is 2. The summed E-state index contributed by atoms with van der Waals surface area (Å²) in [4.78, 5) is 24.3. The molecule has 0 unspecified atom stereocenters. The summed E-state index contributed by atoms with van der Waals surface area (Å²) in [6.07, 6.45) is -6.49. The maximum absolute atomic E-state index is 14.8. The van der Waals surface area contributed by atoms with E-state index in [1.165, 1.54) is 13.8 Å². The summed E-state index contributed by atoms with van der Waals surface area (Å²) in [6, 6.07) is 4.82. The van der Waals surface area contributed by atoms with Crippen molar-refractivity contribution >= 4 is 17.8 Å². The molecule has 2 aromatic carbocycles. The summed E-state index contributed by atoms with van der Waals surface area (Å²) >= 11 is 0. The third-order valence-corrected chi connectivity index (χ3v) is 4.17. The summed E-state index contributed by atoms with van der Waals surface area (Å²) in [6.45, 7) is 2.89. The molecule has 2 rings (SSSR count). The maximum atomic E-state index is 14.8. The topological polar surface area (TPSA) is 72.9 Å². The summed E-state index contributed by atoms with van der Waals surface area (Å²) in [7, 11) is 0. The number of carboxylic acid groups (broad SMARTS) is 1. The molecule has 30 heavy (non-hydrogen) atoms. The Bertz CT molecular complexity index is 949. The van der Waals surface area contributed by atoms with Crippen LogP contribution in [0.3, 0.4) is 0 Å². The van der Waals surface area contributed by atoms with E-state index in [0.717, 1.165) is 40.2 Å². The van der Waals surface area contributed by atoms with Gasteiger partial charge in [0, 0.05) is 13.1 Å². The minimum Gasteiger partial charge on any atom is -0.464 e. The Morgan fingerprint density at radius 1 is 1.03 bits per heavy atom. The standard InChI is InChI=1S/C19H18F5N3O3/c1-3-26(18(30)27(4-2)25-17(28)29)15-9-8-11(10-14(15)21)12-6-5-7-13(20)16(12)19(22,23)24/h5-10,25H,3-4H2,1-2H3,(H,28,29). The normalized spacial score (nSPS) is 11.2. The van der Waals surface area contributed by atoms with Crippen LogP contribution in [0.1, 0.15) is 19.4 Å². The highest BCUT2D eigenvalue weighted by molar-refractivity contribution is 5.93. The molecular weight excluding hydrogens is 413 g/mol. The summed E-state index contributed by atoms with van der Waals surface area (Å²) in [5, 5.41) is 9.53. The number of anilines is 1. The van der Waals surface area contributed by atoms with E-state index in [2.05, 4.69) is 0 Å². The van der Waals surface area contributed by atoms with Gasteiger partial charge in [0.25, 0.3) is 0 Å². The quantitative estimate of drug-likeness (QED) is 0.523. The monoisotopic (exact) mass is 431 g/mol. The van der Waals surface area contributed by atoms with Gasteiger partial charge in [-0.25, -0.2) is 28.8 Å². The van der Waals surface area contributed by atoms with Gasteiger partial charge in [0.15, 0.2) is 0 Å². The molecule has 0 fully saturated rings. The maximum Gasteiger partial charge on any atom is 0.423 e. The van der Waals surface area contributed by atoms with Crippen LogP contribution in [0, 0.1) is 11.6 Å². The number of halogens is 5. The first-order chi connectivity index (χ1) is 14.0. The molecule has 162 valence electrons. The largest absolute Gasteiger partial charge is 0.464 e. The highest BCUT2D eigenvalue weighted by atomic mass is 19.4. The number of rotatable bonds is 4. The van der Waals surface area contributed by atoms with Gasteiger partial charge in [-0.2, -0.15) is 13.2 Å². The lowest BCUT2D eigenvalue weighted by Gasteiger charge is -2.28. The Balaban J connectivity index is 2.48. The zero-order chi connectivity index (χ0) is 22.6. The average molecular weight is 431 g/mol. The van der Waals surface area contributed by atoms with Crippen molar-refractivity contribution in [2.45, 2.75) is 20.0 Å². The molecule has 0 saturated carbocycles. The van der Waals surface area contributed by atoms with E-state index in [9.17, 15) is 31.5 Å². The van der Waals surface area contributed by atoms with E-state index in [-0.39, 0.29) is 24.3 Å². The third kappa shape index (κ3) is 4.78. The molecule has 3 amide bonds. The van der Waals surface area contributed by atoms with Crippen LogP contribution in [0.2, 0.25) is 0 Å². The molecule has 0 spiro atoms. The molecule has 0 aliphatic carbocycles. The molecule has 0 radical (unpaired) electrons. The number of alkyl halides is 3. The predicted octanol–water partition coefficient (Wildman–Crippen LogP) is 5.10. The van der Waals surface area contributed by atoms with Crippen LogP contribution in [0.5, 0.6) is 0 Å². The minimum atomic E-state index is -4.99. The first-order valence-corrected chi connectivity index (χ1v) is 8.75. The first-order valence-electron chi connectivity index (χ1n) is 8.75. The number of carbonyl (C=O) groups is 2. The lowest BCUT2D eigenvalue weighted by atomic mass is 9.98. The number of hydrogen-bond donors (Lipinski definition) is 2. The van der Waals surface area contributed by atoms with Crippen LogP contribution >= 0.6 is 0 Å². The zero-order valence-electron chi connectivity index (χ0n) is 15.9. The van der Waals surface area contributed by atoms with Gasteiger partial charge >= 0.3 is 18.3 Å². The van der Waals surface area contributed by atoms with Crippen molar-refractivity contribution in [3.05, 3.63) is 53.6 Å². The van der Waals surface area contributed by atoms with Crippen LogP contribution in [0.25, 0.3) is 11.1 Å². The Morgan fingerprint density at radius 2 is 1.70 bits per heavy atom. The highest BCUT2D eigenvalue weighted by Gasteiger charge is 2.37. The molecular formula is C19H18F5N3O3. The highest BCUT2D eigenvalue weighted by Crippen LogP contribution is 2.39. The SMILES string of the molecule is CCN(NC(=O)O)C(=O)N(CC)c1ccc(-c2cccc(F)c2C(F)(F)F)cc1F. The van der Waals surface area contributed by atoms with Crippen LogP contribution in [-0.2, 0) is 6.18 Å². The van der Waals surface area contributed by atoms with E-state index < -0.39 is 41.1 Å². The fourth-order valence-electron chi connectivity index (χ4n) is 2.88. The van der Waals surface area contributed by atoms with Crippen molar-refractivity contribution in [3.63, 3.8) is 0 Å². The molecule has 0 aliphatic heterocycles. The van der Waals surface area contributed by atoms with Crippen LogP contribution in [-0.4, -0.2) is 35.3 Å². The molecule has 0 heterocycles. The second-order valence-electron chi connectivity index (χ2n) is 6.01. The molecule has 0 atom stereocenters. The lowest BCUT2D eigenvalue weighted by Crippen LogP contribution is -2.52. The molecule has 0 aromatic heterocycles. The van der Waals surface area contributed by atoms with Crippen molar-refractivity contribution in [2.24, 2.45) is 0 Å². The molecule has 0 saturated heterocycles. The average Bonchev–Trinajstić information content (AvgIpc) is 2.66. The van der Waals surface area contributed by atoms with Crippen molar-refractivity contribution < 1.29 is 36.6 Å². The van der Waals surface area contributed by atoms with Gasteiger partial charge in [-0.3, -0.25) is 4.90 Å². The van der Waals surface area contributed by atoms with E-state index >= 15 is 0 Å². The van der Waals surface area contributed by atoms with Gasteiger partial charge in [-0.15, -0.1) is 0 Å². The van der Waals surface area contributed by atoms with Gasteiger partial charge in [-0.1, -0.05) is 18.2 Å². The third-order valence-electron chi connectivity index (χ3n) is 4.17. The van der Waals surface area contributed by atoms with Crippen molar-refractivity contribution in [1.29, 1.82) is 0 Å². The van der Waals surface area contributed by atoms with E-state index in [1.54, 1.807) is 0 Å². The summed E-state index contributed by atoms with van der Waals surface area (Å²) in [5.74, 6) is -2.53. The smallest absolute Gasteiger partial charge is 0.423 e. The minimum absolute atomic E-state index is 0.0549. The van der Waals surface area contributed by atoms with Crippen LogP contribution in [0.15, 0.2) is 36.4 Å². The van der Waals surface area contributed by atoms with E-state index in [0.29, 0.717) is 6.07 Å². The van der Waals surface area contributed by atoms with Gasteiger partial charge in [-0.05, 0) is 43.2 Å². The number of urea groups is 1.